The molecule has 1 heterocycles. The second kappa shape index (κ2) is 7.20. The predicted octanol–water partition coefficient (Wildman–Crippen LogP) is 2.74. The lowest BCUT2D eigenvalue weighted by Gasteiger charge is -2.29. The molecule has 0 aromatic carbocycles. The lowest BCUT2D eigenvalue weighted by Crippen LogP contribution is -2.53. The monoisotopic (exact) mass is 292 g/mol. The summed E-state index contributed by atoms with van der Waals surface area (Å²) in [7, 11) is 2.78. The van der Waals surface area contributed by atoms with Gasteiger partial charge in [-0.15, -0.1) is 0 Å². The fraction of sp³-hybridized carbons (Fsp3) is 0.562. The minimum absolute atomic E-state index is 0.0920. The molecule has 0 aliphatic carbocycles. The largest absolute Gasteiger partial charge is 0.333 e. The van der Waals surface area contributed by atoms with E-state index in [0.29, 0.717) is 0 Å². The van der Waals surface area contributed by atoms with Gasteiger partial charge in [-0.25, -0.2) is 4.79 Å². The molecule has 0 radical (unpaired) electrons. The molecule has 0 saturated carbocycles. The third kappa shape index (κ3) is 4.28. The van der Waals surface area contributed by atoms with E-state index >= 15 is 0 Å². The zero-order chi connectivity index (χ0) is 16.2. The number of allylic oxidation sites excluding steroid dienone is 3. The first kappa shape index (κ1) is 17.1. The predicted molar refractivity (Wildman–Crippen MR) is 81.5 cm³/mol. The molecule has 0 aromatic rings. The molecule has 1 aliphatic heterocycles. The summed E-state index contributed by atoms with van der Waals surface area (Å²) in [6.07, 6.45) is 6.76. The summed E-state index contributed by atoms with van der Waals surface area (Å²) in [6, 6.07) is -0.585. The molecule has 5 nitrogen and oxygen atoms in total. The maximum atomic E-state index is 12.0. The number of rotatable bonds is 5. The van der Waals surface area contributed by atoms with Gasteiger partial charge in [0.15, 0.2) is 0 Å². The van der Waals surface area contributed by atoms with Gasteiger partial charge in [0.2, 0.25) is 0 Å². The highest BCUT2D eigenvalue weighted by Gasteiger charge is 2.37. The van der Waals surface area contributed by atoms with Crippen molar-refractivity contribution in [2.24, 2.45) is 5.92 Å². The Morgan fingerprint density at radius 3 is 2.10 bits per heavy atom. The Balaban J connectivity index is 2.73. The standard InChI is InChI=1S/C16H24N2O3/c1-11(2)8-6-7-9-12(3)10-13-14(19)17(4)16(21)18(5)15(13)20/h8,10,12H,6-7,9H2,1-5H3. The molecule has 4 amide bonds. The molecule has 21 heavy (non-hydrogen) atoms. The lowest BCUT2D eigenvalue weighted by molar-refractivity contribution is -0.134. The highest BCUT2D eigenvalue weighted by atomic mass is 16.2. The Morgan fingerprint density at radius 1 is 1.10 bits per heavy atom. The SMILES string of the molecule is CC(C)=CCCCC(C)C=C1C(=O)N(C)C(=O)N(C)C1=O. The van der Waals surface area contributed by atoms with Crippen LogP contribution < -0.4 is 0 Å². The summed E-state index contributed by atoms with van der Waals surface area (Å²) in [5.74, 6) is -0.910. The number of amides is 4. The Morgan fingerprint density at radius 2 is 1.62 bits per heavy atom. The first-order valence-electron chi connectivity index (χ1n) is 7.21. The zero-order valence-electron chi connectivity index (χ0n) is 13.5. The molecule has 0 bridgehead atoms. The van der Waals surface area contributed by atoms with Crippen LogP contribution in [0.3, 0.4) is 0 Å². The summed E-state index contributed by atoms with van der Waals surface area (Å²) >= 11 is 0. The average Bonchev–Trinajstić information content (AvgIpc) is 2.44. The summed E-state index contributed by atoms with van der Waals surface area (Å²) < 4.78 is 0. The number of nitrogens with zero attached hydrogens (tertiary/aromatic N) is 2. The molecule has 0 aromatic heterocycles. The third-order valence-electron chi connectivity index (χ3n) is 3.51. The fourth-order valence-electron chi connectivity index (χ4n) is 2.19. The Labute approximate surface area is 126 Å². The number of barbiturate groups is 1. The van der Waals surface area contributed by atoms with Crippen molar-refractivity contribution in [3.05, 3.63) is 23.3 Å². The maximum Gasteiger partial charge on any atom is 0.333 e. The van der Waals surface area contributed by atoms with Crippen LogP contribution in [-0.2, 0) is 9.59 Å². The minimum atomic E-state index is -0.585. The Hall–Kier alpha value is -1.91. The van der Waals surface area contributed by atoms with Crippen LogP contribution >= 0.6 is 0 Å². The van der Waals surface area contributed by atoms with Crippen molar-refractivity contribution in [1.82, 2.24) is 9.80 Å². The van der Waals surface area contributed by atoms with E-state index in [1.165, 1.54) is 19.7 Å². The summed E-state index contributed by atoms with van der Waals surface area (Å²) in [5.41, 5.74) is 1.38. The summed E-state index contributed by atoms with van der Waals surface area (Å²) in [6.45, 7) is 6.10. The van der Waals surface area contributed by atoms with Crippen molar-refractivity contribution in [3.8, 4) is 0 Å². The van der Waals surface area contributed by atoms with Crippen molar-refractivity contribution >= 4 is 17.8 Å². The highest BCUT2D eigenvalue weighted by Crippen LogP contribution is 2.19. The van der Waals surface area contributed by atoms with Gasteiger partial charge in [-0.1, -0.05) is 24.6 Å². The van der Waals surface area contributed by atoms with E-state index in [1.54, 1.807) is 6.08 Å². The first-order valence-corrected chi connectivity index (χ1v) is 7.21. The van der Waals surface area contributed by atoms with Gasteiger partial charge in [0.05, 0.1) is 0 Å². The lowest BCUT2D eigenvalue weighted by atomic mass is 9.98. The molecular weight excluding hydrogens is 268 g/mol. The number of imide groups is 2. The van der Waals surface area contributed by atoms with Crippen molar-refractivity contribution in [3.63, 3.8) is 0 Å². The van der Waals surface area contributed by atoms with E-state index < -0.39 is 17.8 Å². The molecule has 0 spiro atoms. The van der Waals surface area contributed by atoms with Crippen LogP contribution in [0.1, 0.15) is 40.0 Å². The molecule has 1 aliphatic rings. The number of likely N-dealkylation sites (N-methyl/N-ethyl adjacent to an activating group) is 2. The molecule has 1 fully saturated rings. The van der Waals surface area contributed by atoms with Gasteiger partial charge < -0.3 is 0 Å². The molecule has 0 N–H and O–H groups in total. The topological polar surface area (TPSA) is 57.7 Å². The summed E-state index contributed by atoms with van der Waals surface area (Å²) in [4.78, 5) is 37.6. The fourth-order valence-corrected chi connectivity index (χ4v) is 2.19. The van der Waals surface area contributed by atoms with E-state index in [-0.39, 0.29) is 11.5 Å². The maximum absolute atomic E-state index is 12.0. The van der Waals surface area contributed by atoms with Crippen LogP contribution in [0.2, 0.25) is 0 Å². The van der Waals surface area contributed by atoms with Gasteiger partial charge in [-0.3, -0.25) is 19.4 Å². The summed E-state index contributed by atoms with van der Waals surface area (Å²) in [5, 5.41) is 0. The molecule has 1 unspecified atom stereocenters. The molecule has 1 atom stereocenters. The number of hydrogen-bond donors (Lipinski definition) is 0. The molecule has 116 valence electrons. The van der Waals surface area contributed by atoms with Crippen LogP contribution in [0, 0.1) is 5.92 Å². The van der Waals surface area contributed by atoms with Crippen LogP contribution in [-0.4, -0.2) is 41.7 Å². The quantitative estimate of drug-likeness (QED) is 0.339. The van der Waals surface area contributed by atoms with Crippen molar-refractivity contribution in [2.45, 2.75) is 40.0 Å². The number of unbranched alkanes of at least 4 members (excludes halogenated alkanes) is 1. The van der Waals surface area contributed by atoms with E-state index in [1.807, 2.05) is 6.92 Å². The average molecular weight is 292 g/mol. The second-order valence-electron chi connectivity index (χ2n) is 5.78. The number of carbonyl (C=O) groups is 3. The van der Waals surface area contributed by atoms with Gasteiger partial charge in [0.1, 0.15) is 5.57 Å². The second-order valence-corrected chi connectivity index (χ2v) is 5.78. The van der Waals surface area contributed by atoms with Crippen LogP contribution in [0.15, 0.2) is 23.3 Å². The molecular formula is C16H24N2O3. The van der Waals surface area contributed by atoms with E-state index in [0.717, 1.165) is 29.1 Å². The van der Waals surface area contributed by atoms with Crippen molar-refractivity contribution < 1.29 is 14.4 Å². The van der Waals surface area contributed by atoms with Crippen LogP contribution in [0.4, 0.5) is 4.79 Å². The zero-order valence-corrected chi connectivity index (χ0v) is 13.5. The van der Waals surface area contributed by atoms with Gasteiger partial charge in [0, 0.05) is 14.1 Å². The van der Waals surface area contributed by atoms with Crippen LogP contribution in [0.25, 0.3) is 0 Å². The smallest absolute Gasteiger partial charge is 0.268 e. The van der Waals surface area contributed by atoms with E-state index in [4.69, 9.17) is 0 Å². The van der Waals surface area contributed by atoms with E-state index in [2.05, 4.69) is 19.9 Å². The van der Waals surface area contributed by atoms with E-state index in [9.17, 15) is 14.4 Å². The molecule has 1 rings (SSSR count). The number of urea groups is 1. The Bertz CT molecular complexity index is 476. The van der Waals surface area contributed by atoms with Gasteiger partial charge >= 0.3 is 6.03 Å². The Kier molecular flexibility index (Phi) is 5.88. The van der Waals surface area contributed by atoms with Crippen LogP contribution in [0.5, 0.6) is 0 Å². The van der Waals surface area contributed by atoms with Crippen molar-refractivity contribution in [2.75, 3.05) is 14.1 Å². The minimum Gasteiger partial charge on any atom is -0.268 e. The number of hydrogen-bond acceptors (Lipinski definition) is 3. The third-order valence-corrected chi connectivity index (χ3v) is 3.51. The van der Waals surface area contributed by atoms with Crippen molar-refractivity contribution in [1.29, 1.82) is 0 Å². The highest BCUT2D eigenvalue weighted by molar-refractivity contribution is 6.28. The van der Waals surface area contributed by atoms with Gasteiger partial charge in [-0.05, 0) is 39.0 Å². The van der Waals surface area contributed by atoms with Gasteiger partial charge in [0.25, 0.3) is 11.8 Å². The number of carbonyl (C=O) groups excluding carboxylic acids is 3. The normalized spacial score (nSPS) is 17.2. The first-order chi connectivity index (χ1) is 9.75. The molecule has 1 saturated heterocycles. The molecule has 5 heteroatoms. The van der Waals surface area contributed by atoms with Gasteiger partial charge in [-0.2, -0.15) is 0 Å².